The minimum Gasteiger partial charge on any atom is -0.354 e. The molecule has 138 valence electrons. The predicted molar refractivity (Wildman–Crippen MR) is 104 cm³/mol. The molecule has 3 aromatic rings. The second-order valence-electron chi connectivity index (χ2n) is 6.79. The Labute approximate surface area is 158 Å². The largest absolute Gasteiger partial charge is 0.354 e. The highest BCUT2D eigenvalue weighted by atomic mass is 16.1. The number of carbonyl (C=O) groups is 1. The van der Waals surface area contributed by atoms with Crippen LogP contribution in [0.5, 0.6) is 0 Å². The lowest BCUT2D eigenvalue weighted by Crippen LogP contribution is -2.41. The lowest BCUT2D eigenvalue weighted by Gasteiger charge is -2.32. The van der Waals surface area contributed by atoms with E-state index in [0.29, 0.717) is 12.4 Å². The normalized spacial score (nSPS) is 16.9. The number of nitrogens with one attached hydrogen (secondary N) is 1. The lowest BCUT2D eigenvalue weighted by atomic mass is 9.97. The summed E-state index contributed by atoms with van der Waals surface area (Å²) >= 11 is 0. The molecular weight excluding hydrogens is 340 g/mol. The average molecular weight is 362 g/mol. The van der Waals surface area contributed by atoms with E-state index in [1.54, 1.807) is 10.9 Å². The molecule has 1 N–H and O–H groups in total. The van der Waals surface area contributed by atoms with Gasteiger partial charge in [-0.2, -0.15) is 5.10 Å². The molecule has 1 aromatic carbocycles. The van der Waals surface area contributed by atoms with Gasteiger partial charge in [0.2, 0.25) is 5.91 Å². The van der Waals surface area contributed by atoms with Crippen molar-refractivity contribution < 1.29 is 4.79 Å². The molecule has 0 saturated carbocycles. The fourth-order valence-corrected chi connectivity index (χ4v) is 3.36. The molecule has 1 fully saturated rings. The Kier molecular flexibility index (Phi) is 4.82. The van der Waals surface area contributed by atoms with Crippen LogP contribution in [-0.2, 0) is 4.79 Å². The molecular formula is C20H22N6O. The summed E-state index contributed by atoms with van der Waals surface area (Å²) in [7, 11) is 0. The molecule has 0 spiro atoms. The highest BCUT2D eigenvalue weighted by Gasteiger charge is 2.27. The first kappa shape index (κ1) is 17.2. The molecule has 3 heterocycles. The number of para-hydroxylation sites is 1. The molecule has 27 heavy (non-hydrogen) atoms. The van der Waals surface area contributed by atoms with E-state index < -0.39 is 0 Å². The van der Waals surface area contributed by atoms with Gasteiger partial charge in [-0.1, -0.05) is 18.2 Å². The van der Waals surface area contributed by atoms with Crippen molar-refractivity contribution in [3.63, 3.8) is 0 Å². The van der Waals surface area contributed by atoms with Gasteiger partial charge < -0.3 is 10.2 Å². The number of aromatic nitrogens is 4. The maximum atomic E-state index is 12.7. The maximum Gasteiger partial charge on any atom is 0.229 e. The highest BCUT2D eigenvalue weighted by Crippen LogP contribution is 2.23. The van der Waals surface area contributed by atoms with Crippen molar-refractivity contribution in [3.8, 4) is 5.82 Å². The number of carbonyl (C=O) groups excluding carboxylic acids is 1. The fourth-order valence-electron chi connectivity index (χ4n) is 3.36. The Morgan fingerprint density at radius 3 is 2.67 bits per heavy atom. The van der Waals surface area contributed by atoms with E-state index in [-0.39, 0.29) is 11.8 Å². The van der Waals surface area contributed by atoms with E-state index in [1.807, 2.05) is 55.6 Å². The second kappa shape index (κ2) is 7.57. The number of piperidine rings is 1. The molecule has 7 nitrogen and oxygen atoms in total. The third-order valence-electron chi connectivity index (χ3n) is 4.89. The van der Waals surface area contributed by atoms with Crippen LogP contribution < -0.4 is 10.2 Å². The summed E-state index contributed by atoms with van der Waals surface area (Å²) in [5.41, 5.74) is 1.95. The molecule has 1 aliphatic rings. The van der Waals surface area contributed by atoms with Crippen molar-refractivity contribution in [2.75, 3.05) is 23.3 Å². The van der Waals surface area contributed by atoms with Crippen LogP contribution in [0.3, 0.4) is 0 Å². The number of aryl methyl sites for hydroxylation is 1. The smallest absolute Gasteiger partial charge is 0.229 e. The van der Waals surface area contributed by atoms with Gasteiger partial charge >= 0.3 is 0 Å². The van der Waals surface area contributed by atoms with Gasteiger partial charge in [-0.15, -0.1) is 10.2 Å². The molecule has 1 saturated heterocycles. The summed E-state index contributed by atoms with van der Waals surface area (Å²) in [6.45, 7) is 3.52. The number of benzene rings is 1. The molecule has 1 aliphatic heterocycles. The van der Waals surface area contributed by atoms with Crippen molar-refractivity contribution in [3.05, 3.63) is 60.4 Å². The minimum absolute atomic E-state index is 0.0639. The van der Waals surface area contributed by atoms with Crippen molar-refractivity contribution in [2.24, 2.45) is 5.92 Å². The number of hydrogen-bond acceptors (Lipinski definition) is 5. The third-order valence-corrected chi connectivity index (χ3v) is 4.89. The van der Waals surface area contributed by atoms with E-state index in [2.05, 4.69) is 25.5 Å². The Bertz CT molecular complexity index is 906. The fraction of sp³-hybridized carbons (Fsp3) is 0.300. The molecule has 0 aliphatic carbocycles. The van der Waals surface area contributed by atoms with Gasteiger partial charge in [0, 0.05) is 31.2 Å². The van der Waals surface area contributed by atoms with E-state index >= 15 is 0 Å². The lowest BCUT2D eigenvalue weighted by molar-refractivity contribution is -0.120. The molecule has 1 amide bonds. The van der Waals surface area contributed by atoms with Crippen LogP contribution in [0, 0.1) is 12.8 Å². The van der Waals surface area contributed by atoms with Crippen molar-refractivity contribution in [1.29, 1.82) is 0 Å². The van der Waals surface area contributed by atoms with E-state index in [4.69, 9.17) is 0 Å². The summed E-state index contributed by atoms with van der Waals surface area (Å²) < 4.78 is 1.67. The summed E-state index contributed by atoms with van der Waals surface area (Å²) in [5.74, 6) is 1.47. The van der Waals surface area contributed by atoms with E-state index in [9.17, 15) is 4.79 Å². The van der Waals surface area contributed by atoms with Gasteiger partial charge in [0.1, 0.15) is 0 Å². The summed E-state index contributed by atoms with van der Waals surface area (Å²) in [5, 5.41) is 15.8. The summed E-state index contributed by atoms with van der Waals surface area (Å²) in [6.07, 6.45) is 5.37. The summed E-state index contributed by atoms with van der Waals surface area (Å²) in [6, 6.07) is 13.5. The number of anilines is 2. The SMILES string of the molecule is Cc1ccccc1NC(=O)C1CCCN(c2ccc(-n3cccn3)nn2)C1. The Morgan fingerprint density at radius 2 is 1.93 bits per heavy atom. The zero-order valence-electron chi connectivity index (χ0n) is 15.2. The van der Waals surface area contributed by atoms with Gasteiger partial charge in [0.15, 0.2) is 11.6 Å². The van der Waals surface area contributed by atoms with E-state index in [1.165, 1.54) is 0 Å². The van der Waals surface area contributed by atoms with Crippen LogP contribution in [0.1, 0.15) is 18.4 Å². The molecule has 0 radical (unpaired) electrons. The van der Waals surface area contributed by atoms with Crippen LogP contribution in [0.2, 0.25) is 0 Å². The van der Waals surface area contributed by atoms with Gasteiger partial charge in [0.05, 0.1) is 5.92 Å². The monoisotopic (exact) mass is 362 g/mol. The molecule has 1 atom stereocenters. The number of rotatable bonds is 4. The summed E-state index contributed by atoms with van der Waals surface area (Å²) in [4.78, 5) is 14.9. The van der Waals surface area contributed by atoms with Crippen LogP contribution in [0.25, 0.3) is 5.82 Å². The predicted octanol–water partition coefficient (Wildman–Crippen LogP) is 2.83. The van der Waals surface area contributed by atoms with Crippen molar-refractivity contribution >= 4 is 17.4 Å². The number of nitrogens with zero attached hydrogens (tertiary/aromatic N) is 5. The maximum absolute atomic E-state index is 12.7. The van der Waals surface area contributed by atoms with Gasteiger partial charge in [-0.25, -0.2) is 4.68 Å². The highest BCUT2D eigenvalue weighted by molar-refractivity contribution is 5.93. The van der Waals surface area contributed by atoms with Gasteiger partial charge in [-0.3, -0.25) is 4.79 Å². The van der Waals surface area contributed by atoms with Crippen molar-refractivity contribution in [2.45, 2.75) is 19.8 Å². The Morgan fingerprint density at radius 1 is 1.11 bits per heavy atom. The zero-order chi connectivity index (χ0) is 18.6. The standard InChI is InChI=1S/C20H22N6O/c1-15-6-2-3-8-17(15)22-20(27)16-7-4-12-25(14-16)18-9-10-19(24-23-18)26-13-5-11-21-26/h2-3,5-6,8-11,13,16H,4,7,12,14H2,1H3,(H,22,27). The first-order valence-electron chi connectivity index (χ1n) is 9.16. The van der Waals surface area contributed by atoms with Crippen LogP contribution in [-0.4, -0.2) is 39.0 Å². The molecule has 4 rings (SSSR count). The minimum atomic E-state index is -0.0639. The van der Waals surface area contributed by atoms with Crippen LogP contribution >= 0.6 is 0 Å². The first-order valence-corrected chi connectivity index (χ1v) is 9.16. The topological polar surface area (TPSA) is 75.9 Å². The average Bonchev–Trinajstić information content (AvgIpc) is 3.25. The van der Waals surface area contributed by atoms with Crippen LogP contribution in [0.15, 0.2) is 54.9 Å². The zero-order valence-corrected chi connectivity index (χ0v) is 15.2. The molecule has 2 aromatic heterocycles. The van der Waals surface area contributed by atoms with Crippen LogP contribution in [0.4, 0.5) is 11.5 Å². The number of amides is 1. The molecule has 7 heteroatoms. The third kappa shape index (κ3) is 3.81. The Balaban J connectivity index is 1.43. The van der Waals surface area contributed by atoms with Crippen molar-refractivity contribution in [1.82, 2.24) is 20.0 Å². The second-order valence-corrected chi connectivity index (χ2v) is 6.79. The number of hydrogen-bond donors (Lipinski definition) is 1. The van der Waals surface area contributed by atoms with Gasteiger partial charge in [-0.05, 0) is 49.6 Å². The van der Waals surface area contributed by atoms with Gasteiger partial charge in [0.25, 0.3) is 0 Å². The quantitative estimate of drug-likeness (QED) is 0.772. The molecule has 0 bridgehead atoms. The first-order chi connectivity index (χ1) is 13.2. The molecule has 1 unspecified atom stereocenters. The van der Waals surface area contributed by atoms with E-state index in [0.717, 1.165) is 36.5 Å². The Hall–Kier alpha value is -3.22.